The number of anilines is 1. The van der Waals surface area contributed by atoms with Gasteiger partial charge in [0.2, 0.25) is 10.0 Å². The maximum atomic E-state index is 11.5. The van der Waals surface area contributed by atoms with E-state index in [9.17, 15) is 8.42 Å². The van der Waals surface area contributed by atoms with Crippen molar-refractivity contribution in [2.45, 2.75) is 6.92 Å². The number of hydrogen-bond acceptors (Lipinski definition) is 6. The molecule has 3 heterocycles. The van der Waals surface area contributed by atoms with Crippen LogP contribution in [0.3, 0.4) is 0 Å². The number of sulfonamides is 1. The minimum atomic E-state index is -3.10. The van der Waals surface area contributed by atoms with Crippen molar-refractivity contribution in [2.24, 2.45) is 0 Å². The van der Waals surface area contributed by atoms with Crippen molar-refractivity contribution < 1.29 is 8.42 Å². The van der Waals surface area contributed by atoms with Crippen LogP contribution in [-0.2, 0) is 10.0 Å². The van der Waals surface area contributed by atoms with E-state index in [1.165, 1.54) is 10.6 Å². The molecule has 0 aromatic carbocycles. The van der Waals surface area contributed by atoms with Gasteiger partial charge in [-0.25, -0.2) is 8.42 Å². The first-order valence-electron chi connectivity index (χ1n) is 6.34. The lowest BCUT2D eigenvalue weighted by atomic mass is 10.3. The highest BCUT2D eigenvalue weighted by atomic mass is 32.2. The summed E-state index contributed by atoms with van der Waals surface area (Å²) < 4.78 is 26.2. The Kier molecular flexibility index (Phi) is 3.09. The lowest BCUT2D eigenvalue weighted by Gasteiger charge is -2.33. The Morgan fingerprint density at radius 2 is 1.80 bits per heavy atom. The van der Waals surface area contributed by atoms with Crippen LogP contribution < -0.4 is 4.90 Å². The van der Waals surface area contributed by atoms with Gasteiger partial charge < -0.3 is 4.90 Å². The van der Waals surface area contributed by atoms with Crippen LogP contribution in [0, 0.1) is 6.92 Å². The van der Waals surface area contributed by atoms with E-state index in [-0.39, 0.29) is 0 Å². The number of aromatic nitrogens is 4. The third-order valence-corrected chi connectivity index (χ3v) is 4.74. The number of rotatable bonds is 2. The lowest BCUT2D eigenvalue weighted by molar-refractivity contribution is 0.386. The van der Waals surface area contributed by atoms with Crippen LogP contribution in [0.5, 0.6) is 0 Å². The van der Waals surface area contributed by atoms with Gasteiger partial charge in [-0.05, 0) is 19.1 Å². The van der Waals surface area contributed by atoms with Crippen molar-refractivity contribution in [3.63, 3.8) is 0 Å². The number of nitrogens with zero attached hydrogens (tertiary/aromatic N) is 6. The minimum Gasteiger partial charge on any atom is -0.353 e. The molecule has 1 saturated heterocycles. The van der Waals surface area contributed by atoms with Crippen molar-refractivity contribution in [3.8, 4) is 0 Å². The largest absolute Gasteiger partial charge is 0.353 e. The van der Waals surface area contributed by atoms with E-state index in [0.29, 0.717) is 31.8 Å². The molecule has 8 nitrogen and oxygen atoms in total. The monoisotopic (exact) mass is 296 g/mol. The summed E-state index contributed by atoms with van der Waals surface area (Å²) in [6.45, 7) is 4.08. The summed E-state index contributed by atoms with van der Waals surface area (Å²) in [6, 6.07) is 3.75. The van der Waals surface area contributed by atoms with Crippen LogP contribution in [0.2, 0.25) is 0 Å². The first-order chi connectivity index (χ1) is 9.45. The first kappa shape index (κ1) is 13.3. The molecule has 0 amide bonds. The van der Waals surface area contributed by atoms with Gasteiger partial charge in [-0.15, -0.1) is 15.3 Å². The normalized spacial score (nSPS) is 17.8. The Labute approximate surface area is 117 Å². The topological polar surface area (TPSA) is 83.7 Å². The van der Waals surface area contributed by atoms with Gasteiger partial charge in [0.1, 0.15) is 5.82 Å². The summed E-state index contributed by atoms with van der Waals surface area (Å²) in [7, 11) is -3.10. The summed E-state index contributed by atoms with van der Waals surface area (Å²) in [5, 5.41) is 12.5. The van der Waals surface area contributed by atoms with E-state index in [1.54, 1.807) is 4.52 Å². The van der Waals surface area contributed by atoms with Crippen LogP contribution in [0.15, 0.2) is 12.1 Å². The molecule has 0 radical (unpaired) electrons. The molecular weight excluding hydrogens is 280 g/mol. The second-order valence-corrected chi connectivity index (χ2v) is 6.84. The van der Waals surface area contributed by atoms with Gasteiger partial charge in [0.05, 0.1) is 6.26 Å². The van der Waals surface area contributed by atoms with Gasteiger partial charge in [-0.2, -0.15) is 8.82 Å². The van der Waals surface area contributed by atoms with E-state index < -0.39 is 10.0 Å². The third kappa shape index (κ3) is 2.34. The van der Waals surface area contributed by atoms with Crippen molar-refractivity contribution in [1.29, 1.82) is 0 Å². The highest BCUT2D eigenvalue weighted by molar-refractivity contribution is 7.88. The molecule has 0 bridgehead atoms. The Balaban J connectivity index is 1.81. The van der Waals surface area contributed by atoms with Gasteiger partial charge in [-0.3, -0.25) is 0 Å². The molecule has 1 aliphatic heterocycles. The van der Waals surface area contributed by atoms with Crippen molar-refractivity contribution >= 4 is 21.5 Å². The zero-order valence-electron chi connectivity index (χ0n) is 11.4. The van der Waals surface area contributed by atoms with E-state index in [2.05, 4.69) is 20.2 Å². The Morgan fingerprint density at radius 1 is 1.10 bits per heavy atom. The maximum Gasteiger partial charge on any atom is 0.211 e. The van der Waals surface area contributed by atoms with Gasteiger partial charge in [-0.1, -0.05) is 0 Å². The maximum absolute atomic E-state index is 11.5. The van der Waals surface area contributed by atoms with Crippen molar-refractivity contribution in [1.82, 2.24) is 24.1 Å². The lowest BCUT2D eigenvalue weighted by Crippen LogP contribution is -2.48. The quantitative estimate of drug-likeness (QED) is 0.744. The molecule has 0 unspecified atom stereocenters. The van der Waals surface area contributed by atoms with Crippen LogP contribution in [0.4, 0.5) is 5.82 Å². The summed E-state index contributed by atoms with van der Waals surface area (Å²) in [5.41, 5.74) is 0.709. The molecule has 0 spiro atoms. The molecule has 108 valence electrons. The third-order valence-electron chi connectivity index (χ3n) is 3.44. The van der Waals surface area contributed by atoms with Gasteiger partial charge in [0, 0.05) is 26.2 Å². The smallest absolute Gasteiger partial charge is 0.211 e. The van der Waals surface area contributed by atoms with Crippen molar-refractivity contribution in [3.05, 3.63) is 18.0 Å². The minimum absolute atomic E-state index is 0.486. The van der Waals surface area contributed by atoms with Crippen LogP contribution >= 0.6 is 0 Å². The highest BCUT2D eigenvalue weighted by Crippen LogP contribution is 2.15. The zero-order valence-corrected chi connectivity index (χ0v) is 12.2. The van der Waals surface area contributed by atoms with Gasteiger partial charge in [0.15, 0.2) is 11.5 Å². The van der Waals surface area contributed by atoms with E-state index in [4.69, 9.17) is 0 Å². The van der Waals surface area contributed by atoms with Crippen LogP contribution in [-0.4, -0.2) is 65.0 Å². The molecular formula is C11H16N6O2S. The van der Waals surface area contributed by atoms with Crippen molar-refractivity contribution in [2.75, 3.05) is 37.3 Å². The molecule has 2 aromatic rings. The Bertz CT molecular complexity index is 732. The summed E-state index contributed by atoms with van der Waals surface area (Å²) in [5.74, 6) is 1.55. The number of aryl methyl sites for hydroxylation is 1. The molecule has 3 rings (SSSR count). The highest BCUT2D eigenvalue weighted by Gasteiger charge is 2.24. The Hall–Kier alpha value is -1.74. The zero-order chi connectivity index (χ0) is 14.3. The van der Waals surface area contributed by atoms with Crippen LogP contribution in [0.1, 0.15) is 5.82 Å². The second kappa shape index (κ2) is 4.67. The number of hydrogen-bond donors (Lipinski definition) is 0. The summed E-state index contributed by atoms with van der Waals surface area (Å²) >= 11 is 0. The van der Waals surface area contributed by atoms with E-state index in [0.717, 1.165) is 11.6 Å². The number of piperazine rings is 1. The van der Waals surface area contributed by atoms with Crippen LogP contribution in [0.25, 0.3) is 5.65 Å². The average Bonchev–Trinajstić information content (AvgIpc) is 2.79. The standard InChI is InChI=1S/C11H16N6O2S/c1-9-12-13-10-3-4-11(14-17(9)10)15-5-7-16(8-6-15)20(2,18)19/h3-4H,5-8H2,1-2H3. The fraction of sp³-hybridized carbons (Fsp3) is 0.545. The molecule has 0 N–H and O–H groups in total. The molecule has 9 heteroatoms. The second-order valence-electron chi connectivity index (χ2n) is 4.86. The van der Waals surface area contributed by atoms with E-state index in [1.807, 2.05) is 19.1 Å². The summed E-state index contributed by atoms with van der Waals surface area (Å²) in [6.07, 6.45) is 1.24. The molecule has 2 aromatic heterocycles. The van der Waals surface area contributed by atoms with Gasteiger partial charge in [0.25, 0.3) is 0 Å². The molecule has 0 aliphatic carbocycles. The van der Waals surface area contributed by atoms with Gasteiger partial charge >= 0.3 is 0 Å². The first-order valence-corrected chi connectivity index (χ1v) is 8.19. The Morgan fingerprint density at radius 3 is 2.45 bits per heavy atom. The fourth-order valence-corrected chi connectivity index (χ4v) is 3.13. The molecule has 20 heavy (non-hydrogen) atoms. The fourth-order valence-electron chi connectivity index (χ4n) is 2.30. The SMILES string of the molecule is Cc1nnc2ccc(N3CCN(S(C)(=O)=O)CC3)nn12. The average molecular weight is 296 g/mol. The van der Waals surface area contributed by atoms with E-state index >= 15 is 0 Å². The molecule has 1 fully saturated rings. The molecule has 0 saturated carbocycles. The predicted molar refractivity (Wildman–Crippen MR) is 74.1 cm³/mol. The predicted octanol–water partition coefficient (Wildman–Crippen LogP) is -0.486. The molecule has 0 atom stereocenters. The number of fused-ring (bicyclic) bond motifs is 1. The molecule has 1 aliphatic rings. The summed E-state index contributed by atoms with van der Waals surface area (Å²) in [4.78, 5) is 2.07.